The minimum Gasteiger partial charge on any atom is -0.235 e. The number of rotatable bonds is 3. The molecule has 1 aromatic heterocycles. The molecule has 0 unspecified atom stereocenters. The fourth-order valence-electron chi connectivity index (χ4n) is 1.30. The molecule has 5 heteroatoms. The highest BCUT2D eigenvalue weighted by atomic mass is 127. The summed E-state index contributed by atoms with van der Waals surface area (Å²) in [5.41, 5.74) is 0.919. The molecular weight excluding hydrogens is 314 g/mol. The maximum absolute atomic E-state index is 13.4. The summed E-state index contributed by atoms with van der Waals surface area (Å²) in [7, 11) is 0. The van der Waals surface area contributed by atoms with Gasteiger partial charge in [0.25, 0.3) is 0 Å². The van der Waals surface area contributed by atoms with E-state index in [2.05, 4.69) is 9.97 Å². The van der Waals surface area contributed by atoms with Gasteiger partial charge in [-0.05, 0) is 41.7 Å². The first kappa shape index (κ1) is 10.6. The van der Waals surface area contributed by atoms with Crippen LogP contribution in [0.15, 0.2) is 0 Å². The summed E-state index contributed by atoms with van der Waals surface area (Å²) in [6, 6.07) is 0. The van der Waals surface area contributed by atoms with Crippen molar-refractivity contribution in [1.82, 2.24) is 9.97 Å². The van der Waals surface area contributed by atoms with Gasteiger partial charge in [-0.1, -0.05) is 0 Å². The van der Waals surface area contributed by atoms with Gasteiger partial charge in [0.05, 0.1) is 15.0 Å². The van der Waals surface area contributed by atoms with Crippen molar-refractivity contribution < 1.29 is 4.39 Å². The lowest BCUT2D eigenvalue weighted by molar-refractivity contribution is 0.560. The first-order chi connectivity index (χ1) is 6.72. The summed E-state index contributed by atoms with van der Waals surface area (Å²) in [5.74, 6) is 1.44. The Hall–Kier alpha value is 0.0900. The molecule has 1 heterocycles. The third-order valence-corrected chi connectivity index (χ3v) is 3.66. The summed E-state index contributed by atoms with van der Waals surface area (Å²) in [6.45, 7) is 0. The van der Waals surface area contributed by atoms with Gasteiger partial charge in [-0.15, -0.1) is 0 Å². The van der Waals surface area contributed by atoms with E-state index in [1.807, 2.05) is 28.8 Å². The summed E-state index contributed by atoms with van der Waals surface area (Å²) < 4.78 is 14.0. The summed E-state index contributed by atoms with van der Waals surface area (Å²) >= 11 is 3.61. The van der Waals surface area contributed by atoms with Crippen LogP contribution in [0.3, 0.4) is 0 Å². The van der Waals surface area contributed by atoms with E-state index in [9.17, 15) is 4.39 Å². The molecule has 2 nitrogen and oxygen atoms in total. The largest absolute Gasteiger partial charge is 0.235 e. The molecular formula is C9H10FIN2S. The number of hydrogen-bond acceptors (Lipinski definition) is 3. The first-order valence-electron chi connectivity index (χ1n) is 4.43. The van der Waals surface area contributed by atoms with Crippen LogP contribution in [0, 0.1) is 9.52 Å². The standard InChI is InChI=1S/C9H10FIN2S/c1-14-4-6-12-8(5-2-3-5)7(11)9(10)13-6/h5H,2-4H2,1H3. The minimum atomic E-state index is -0.355. The Bertz CT molecular complexity index is 355. The Labute approximate surface area is 100 Å². The Balaban J connectivity index is 2.36. The van der Waals surface area contributed by atoms with Crippen LogP contribution in [-0.4, -0.2) is 16.2 Å². The van der Waals surface area contributed by atoms with Crippen molar-refractivity contribution in [3.8, 4) is 0 Å². The molecule has 1 saturated carbocycles. The van der Waals surface area contributed by atoms with E-state index in [-0.39, 0.29) is 5.95 Å². The summed E-state index contributed by atoms with van der Waals surface area (Å²) in [5, 5.41) is 0. The molecule has 76 valence electrons. The maximum Gasteiger partial charge on any atom is 0.229 e. The van der Waals surface area contributed by atoms with Crippen LogP contribution in [0.2, 0.25) is 0 Å². The molecule has 1 aliphatic rings. The topological polar surface area (TPSA) is 25.8 Å². The van der Waals surface area contributed by atoms with E-state index in [1.54, 1.807) is 11.8 Å². The second kappa shape index (κ2) is 4.30. The van der Waals surface area contributed by atoms with Crippen LogP contribution in [0.25, 0.3) is 0 Å². The van der Waals surface area contributed by atoms with Gasteiger partial charge in [0.1, 0.15) is 5.82 Å². The highest BCUT2D eigenvalue weighted by Crippen LogP contribution is 2.41. The lowest BCUT2D eigenvalue weighted by Gasteiger charge is -2.05. The Morgan fingerprint density at radius 3 is 2.79 bits per heavy atom. The van der Waals surface area contributed by atoms with Crippen LogP contribution >= 0.6 is 34.4 Å². The molecule has 1 aromatic rings. The van der Waals surface area contributed by atoms with Crippen LogP contribution in [0.5, 0.6) is 0 Å². The summed E-state index contributed by atoms with van der Waals surface area (Å²) in [6.07, 6.45) is 4.26. The molecule has 0 bridgehead atoms. The van der Waals surface area contributed by atoms with Crippen LogP contribution < -0.4 is 0 Å². The molecule has 0 aromatic carbocycles. The molecule has 0 atom stereocenters. The van der Waals surface area contributed by atoms with Gasteiger partial charge < -0.3 is 0 Å². The fourth-order valence-corrected chi connectivity index (χ4v) is 2.37. The van der Waals surface area contributed by atoms with E-state index in [0.717, 1.165) is 18.5 Å². The van der Waals surface area contributed by atoms with Gasteiger partial charge in [-0.25, -0.2) is 9.97 Å². The van der Waals surface area contributed by atoms with Crippen molar-refractivity contribution in [2.75, 3.05) is 6.26 Å². The minimum absolute atomic E-state index is 0.355. The molecule has 0 spiro atoms. The third-order valence-electron chi connectivity index (χ3n) is 2.12. The van der Waals surface area contributed by atoms with Crippen molar-refractivity contribution in [1.29, 1.82) is 0 Å². The second-order valence-electron chi connectivity index (χ2n) is 3.34. The first-order valence-corrected chi connectivity index (χ1v) is 6.90. The average Bonchev–Trinajstić information content (AvgIpc) is 2.94. The fraction of sp³-hybridized carbons (Fsp3) is 0.556. The third kappa shape index (κ3) is 2.18. The number of aromatic nitrogens is 2. The molecule has 0 saturated heterocycles. The number of nitrogens with zero attached hydrogens (tertiary/aromatic N) is 2. The Morgan fingerprint density at radius 2 is 2.21 bits per heavy atom. The lowest BCUT2D eigenvalue weighted by Crippen LogP contribution is -2.04. The molecule has 0 amide bonds. The molecule has 2 rings (SSSR count). The average molecular weight is 324 g/mol. The molecule has 1 fully saturated rings. The van der Waals surface area contributed by atoms with Gasteiger partial charge in [0, 0.05) is 5.92 Å². The molecule has 1 aliphatic carbocycles. The normalized spacial score (nSPS) is 15.9. The zero-order valence-electron chi connectivity index (χ0n) is 7.76. The molecule has 14 heavy (non-hydrogen) atoms. The SMILES string of the molecule is CSCc1nc(F)c(I)c(C2CC2)n1. The lowest BCUT2D eigenvalue weighted by atomic mass is 10.3. The summed E-state index contributed by atoms with van der Waals surface area (Å²) in [4.78, 5) is 8.23. The number of halogens is 2. The van der Waals surface area contributed by atoms with Gasteiger partial charge >= 0.3 is 0 Å². The molecule has 0 N–H and O–H groups in total. The molecule has 0 aliphatic heterocycles. The van der Waals surface area contributed by atoms with Crippen molar-refractivity contribution >= 4 is 34.4 Å². The maximum atomic E-state index is 13.4. The van der Waals surface area contributed by atoms with Crippen molar-refractivity contribution in [3.05, 3.63) is 21.0 Å². The van der Waals surface area contributed by atoms with Crippen LogP contribution in [0.4, 0.5) is 4.39 Å². The highest BCUT2D eigenvalue weighted by molar-refractivity contribution is 14.1. The highest BCUT2D eigenvalue weighted by Gasteiger charge is 2.29. The second-order valence-corrected chi connectivity index (χ2v) is 5.28. The predicted octanol–water partition coefficient (Wildman–Crippen LogP) is 2.96. The van der Waals surface area contributed by atoms with E-state index in [1.165, 1.54) is 0 Å². The zero-order chi connectivity index (χ0) is 10.1. The van der Waals surface area contributed by atoms with Gasteiger partial charge in [0.2, 0.25) is 5.95 Å². The number of thioether (sulfide) groups is 1. The van der Waals surface area contributed by atoms with E-state index in [4.69, 9.17) is 0 Å². The Kier molecular flexibility index (Phi) is 3.26. The van der Waals surface area contributed by atoms with Crippen molar-refractivity contribution in [2.24, 2.45) is 0 Å². The van der Waals surface area contributed by atoms with Crippen molar-refractivity contribution in [3.63, 3.8) is 0 Å². The van der Waals surface area contributed by atoms with Gasteiger partial charge in [-0.2, -0.15) is 16.2 Å². The monoisotopic (exact) mass is 324 g/mol. The van der Waals surface area contributed by atoms with Gasteiger partial charge in [0.15, 0.2) is 0 Å². The van der Waals surface area contributed by atoms with Crippen LogP contribution in [-0.2, 0) is 5.75 Å². The van der Waals surface area contributed by atoms with E-state index < -0.39 is 0 Å². The Morgan fingerprint density at radius 1 is 1.50 bits per heavy atom. The van der Waals surface area contributed by atoms with Gasteiger partial charge in [-0.3, -0.25) is 0 Å². The molecule has 0 radical (unpaired) electrons. The van der Waals surface area contributed by atoms with Crippen LogP contribution in [0.1, 0.15) is 30.3 Å². The van der Waals surface area contributed by atoms with Crippen molar-refractivity contribution in [2.45, 2.75) is 24.5 Å². The smallest absolute Gasteiger partial charge is 0.229 e. The quantitative estimate of drug-likeness (QED) is 0.631. The number of hydrogen-bond donors (Lipinski definition) is 0. The predicted molar refractivity (Wildman–Crippen MR) is 63.9 cm³/mol. The van der Waals surface area contributed by atoms with E-state index in [0.29, 0.717) is 21.1 Å². The van der Waals surface area contributed by atoms with E-state index >= 15 is 0 Å². The zero-order valence-corrected chi connectivity index (χ0v) is 10.7.